The fraction of sp³-hybridized carbons (Fsp3) is 0.448. The molecule has 194 valence electrons. The molecule has 36 heavy (non-hydrogen) atoms. The summed E-state index contributed by atoms with van der Waals surface area (Å²) in [6, 6.07) is 10.7. The molecule has 2 saturated carbocycles. The zero-order valence-corrected chi connectivity index (χ0v) is 23.9. The molecule has 0 radical (unpaired) electrons. The summed E-state index contributed by atoms with van der Waals surface area (Å²) in [4.78, 5) is 26.7. The number of nitrogens with zero attached hydrogens (tertiary/aromatic N) is 1. The summed E-state index contributed by atoms with van der Waals surface area (Å²) in [7, 11) is 3.87. The standard InChI is InChI=1S/C16H19Cl2NO.C13H14Cl2O/c1-19(2)10-11-5-3-4-6-13(16(11)20)14-9-12(17)7-8-15(14)18;14-9-6-7-12(15)11(8-9)10-4-2-1-3-5-13(10)16/h7-10,13H,3-6H2,1-2H3;6-8,10H,1-5H2. The van der Waals surface area contributed by atoms with E-state index in [1.54, 1.807) is 24.3 Å². The Morgan fingerprint density at radius 2 is 1.25 bits per heavy atom. The molecule has 4 rings (SSSR count). The van der Waals surface area contributed by atoms with E-state index < -0.39 is 0 Å². The molecular formula is C29H33Cl4NO2. The lowest BCUT2D eigenvalue weighted by Gasteiger charge is -2.17. The number of rotatable bonds is 3. The van der Waals surface area contributed by atoms with Crippen molar-refractivity contribution in [1.82, 2.24) is 4.90 Å². The first kappa shape index (κ1) is 29.0. The highest BCUT2D eigenvalue weighted by molar-refractivity contribution is 6.34. The third-order valence-electron chi connectivity index (χ3n) is 6.71. The van der Waals surface area contributed by atoms with E-state index in [9.17, 15) is 9.59 Å². The number of hydrogen-bond donors (Lipinski definition) is 0. The fourth-order valence-corrected chi connectivity index (χ4v) is 5.79. The Bertz CT molecular complexity index is 1110. The van der Waals surface area contributed by atoms with Gasteiger partial charge in [0.2, 0.25) is 0 Å². The van der Waals surface area contributed by atoms with Gasteiger partial charge >= 0.3 is 0 Å². The molecule has 3 nitrogen and oxygen atoms in total. The highest BCUT2D eigenvalue weighted by atomic mass is 35.5. The molecule has 2 aliphatic rings. The minimum absolute atomic E-state index is 0.0475. The number of allylic oxidation sites excluding steroid dienone is 1. The van der Waals surface area contributed by atoms with Gasteiger partial charge in [0.1, 0.15) is 5.78 Å². The summed E-state index contributed by atoms with van der Waals surface area (Å²) < 4.78 is 0. The minimum Gasteiger partial charge on any atom is -0.383 e. The van der Waals surface area contributed by atoms with Gasteiger partial charge in [-0.25, -0.2) is 0 Å². The maximum absolute atomic E-state index is 12.7. The van der Waals surface area contributed by atoms with Crippen LogP contribution < -0.4 is 0 Å². The van der Waals surface area contributed by atoms with Crippen molar-refractivity contribution in [3.63, 3.8) is 0 Å². The van der Waals surface area contributed by atoms with Crippen molar-refractivity contribution in [2.75, 3.05) is 14.1 Å². The lowest BCUT2D eigenvalue weighted by molar-refractivity contribution is -0.120. The molecule has 2 atom stereocenters. The van der Waals surface area contributed by atoms with E-state index >= 15 is 0 Å². The van der Waals surface area contributed by atoms with Gasteiger partial charge in [-0.3, -0.25) is 9.59 Å². The number of benzene rings is 2. The number of carbonyl (C=O) groups is 2. The first-order valence-corrected chi connectivity index (χ1v) is 14.0. The number of hydrogen-bond acceptors (Lipinski definition) is 3. The molecule has 2 aromatic carbocycles. The molecule has 2 aromatic rings. The van der Waals surface area contributed by atoms with Crippen molar-refractivity contribution in [2.45, 2.75) is 69.6 Å². The Morgan fingerprint density at radius 1 is 0.722 bits per heavy atom. The molecule has 0 spiro atoms. The normalized spacial score (nSPS) is 21.9. The largest absolute Gasteiger partial charge is 0.383 e. The fourth-order valence-electron chi connectivity index (χ4n) is 4.93. The lowest BCUT2D eigenvalue weighted by atomic mass is 9.89. The smallest absolute Gasteiger partial charge is 0.167 e. The van der Waals surface area contributed by atoms with Crippen LogP contribution in [0.3, 0.4) is 0 Å². The molecule has 0 saturated heterocycles. The third-order valence-corrected chi connectivity index (χ3v) is 7.87. The van der Waals surface area contributed by atoms with Gasteiger partial charge in [-0.1, -0.05) is 65.7 Å². The lowest BCUT2D eigenvalue weighted by Crippen LogP contribution is -2.16. The Balaban J connectivity index is 0.000000205. The minimum atomic E-state index is -0.171. The second kappa shape index (κ2) is 13.9. The molecule has 2 aliphatic carbocycles. The van der Waals surface area contributed by atoms with Gasteiger partial charge in [0.05, 0.1) is 0 Å². The van der Waals surface area contributed by atoms with Gasteiger partial charge in [0.25, 0.3) is 0 Å². The van der Waals surface area contributed by atoms with Crippen LogP contribution in [0.15, 0.2) is 48.2 Å². The Labute approximate surface area is 234 Å². The van der Waals surface area contributed by atoms with E-state index in [4.69, 9.17) is 46.4 Å². The second-order valence-corrected chi connectivity index (χ2v) is 11.4. The van der Waals surface area contributed by atoms with Crippen LogP contribution in [-0.4, -0.2) is 30.6 Å². The van der Waals surface area contributed by atoms with Gasteiger partial charge in [-0.15, -0.1) is 0 Å². The Kier molecular flexibility index (Phi) is 11.2. The summed E-state index contributed by atoms with van der Waals surface area (Å²) >= 11 is 24.4. The van der Waals surface area contributed by atoms with E-state index in [0.29, 0.717) is 32.3 Å². The second-order valence-electron chi connectivity index (χ2n) is 9.73. The topological polar surface area (TPSA) is 37.4 Å². The molecule has 0 amide bonds. The number of ketones is 2. The predicted molar refractivity (Wildman–Crippen MR) is 152 cm³/mol. The maximum atomic E-state index is 12.7. The van der Waals surface area contributed by atoms with Gasteiger partial charge in [0, 0.05) is 64.2 Å². The monoisotopic (exact) mass is 567 g/mol. The van der Waals surface area contributed by atoms with E-state index in [-0.39, 0.29) is 17.6 Å². The molecule has 2 fully saturated rings. The molecular weight excluding hydrogens is 536 g/mol. The van der Waals surface area contributed by atoms with Crippen molar-refractivity contribution in [1.29, 1.82) is 0 Å². The summed E-state index contributed by atoms with van der Waals surface area (Å²) in [6.07, 6.45) is 10.5. The number of Topliss-reactive ketones (excluding diaryl/α,β-unsaturated/α-hetero) is 2. The van der Waals surface area contributed by atoms with Gasteiger partial charge in [0.15, 0.2) is 5.78 Å². The molecule has 0 heterocycles. The van der Waals surface area contributed by atoms with Crippen molar-refractivity contribution >= 4 is 58.0 Å². The third kappa shape index (κ3) is 7.99. The van der Waals surface area contributed by atoms with E-state index in [0.717, 1.165) is 68.1 Å². The summed E-state index contributed by atoms with van der Waals surface area (Å²) in [5.41, 5.74) is 2.64. The van der Waals surface area contributed by atoms with Crippen LogP contribution in [0.5, 0.6) is 0 Å². The van der Waals surface area contributed by atoms with Crippen LogP contribution in [0.4, 0.5) is 0 Å². The van der Waals surface area contributed by atoms with Crippen molar-refractivity contribution in [2.24, 2.45) is 0 Å². The van der Waals surface area contributed by atoms with E-state index in [1.807, 2.05) is 37.3 Å². The van der Waals surface area contributed by atoms with Gasteiger partial charge in [-0.2, -0.15) is 0 Å². The van der Waals surface area contributed by atoms with Crippen LogP contribution in [0, 0.1) is 0 Å². The van der Waals surface area contributed by atoms with Crippen LogP contribution in [-0.2, 0) is 9.59 Å². The predicted octanol–water partition coefficient (Wildman–Crippen LogP) is 9.28. The number of carbonyl (C=O) groups excluding carboxylic acids is 2. The molecule has 0 aliphatic heterocycles. The van der Waals surface area contributed by atoms with Crippen LogP contribution in [0.2, 0.25) is 20.1 Å². The first-order chi connectivity index (χ1) is 17.2. The molecule has 0 N–H and O–H groups in total. The summed E-state index contributed by atoms with van der Waals surface area (Å²) in [5, 5.41) is 2.56. The zero-order valence-electron chi connectivity index (χ0n) is 20.8. The quantitative estimate of drug-likeness (QED) is 0.273. The Morgan fingerprint density at radius 3 is 1.86 bits per heavy atom. The highest BCUT2D eigenvalue weighted by Crippen LogP contribution is 2.37. The average molecular weight is 569 g/mol. The summed E-state index contributed by atoms with van der Waals surface area (Å²) in [6.45, 7) is 0. The molecule has 0 aromatic heterocycles. The van der Waals surface area contributed by atoms with Gasteiger partial charge < -0.3 is 4.90 Å². The van der Waals surface area contributed by atoms with Crippen molar-refractivity contribution in [3.8, 4) is 0 Å². The summed E-state index contributed by atoms with van der Waals surface area (Å²) in [5.74, 6) is 0.269. The van der Waals surface area contributed by atoms with Crippen LogP contribution in [0.1, 0.15) is 80.8 Å². The van der Waals surface area contributed by atoms with E-state index in [2.05, 4.69) is 0 Å². The van der Waals surface area contributed by atoms with Crippen LogP contribution in [0.25, 0.3) is 0 Å². The first-order valence-electron chi connectivity index (χ1n) is 12.5. The van der Waals surface area contributed by atoms with Crippen molar-refractivity contribution < 1.29 is 9.59 Å². The molecule has 7 heteroatoms. The molecule has 2 unspecified atom stereocenters. The Hall–Kier alpha value is -1.52. The SMILES string of the molecule is CN(C)C=C1CCCCC(c2cc(Cl)ccc2Cl)C1=O.O=C1CCCCCC1c1cc(Cl)ccc1Cl. The van der Waals surface area contributed by atoms with Crippen molar-refractivity contribution in [3.05, 3.63) is 79.4 Å². The molecule has 0 bridgehead atoms. The van der Waals surface area contributed by atoms with Crippen LogP contribution >= 0.6 is 46.4 Å². The zero-order chi connectivity index (χ0) is 26.2. The maximum Gasteiger partial charge on any atom is 0.167 e. The van der Waals surface area contributed by atoms with E-state index in [1.165, 1.54) is 0 Å². The van der Waals surface area contributed by atoms with Gasteiger partial charge in [-0.05, 0) is 79.6 Å². The highest BCUT2D eigenvalue weighted by Gasteiger charge is 2.28. The average Bonchev–Trinajstić information content (AvgIpc) is 3.15. The number of halogens is 4.